The summed E-state index contributed by atoms with van der Waals surface area (Å²) in [5.41, 5.74) is 2.38. The van der Waals surface area contributed by atoms with Crippen LogP contribution in [-0.4, -0.2) is 10.8 Å². The molecule has 1 amide bonds. The van der Waals surface area contributed by atoms with E-state index in [0.29, 0.717) is 5.56 Å². The zero-order valence-corrected chi connectivity index (χ0v) is 12.6. The SMILES string of the molecule is CCC(NC(=O)c1cccc([N+](=O)[O-])c1)c1ccc(C)cc1. The van der Waals surface area contributed by atoms with Gasteiger partial charge in [0.1, 0.15) is 0 Å². The van der Waals surface area contributed by atoms with Crippen molar-refractivity contribution in [2.45, 2.75) is 26.3 Å². The average molecular weight is 298 g/mol. The van der Waals surface area contributed by atoms with Gasteiger partial charge in [-0.1, -0.05) is 42.8 Å². The smallest absolute Gasteiger partial charge is 0.270 e. The highest BCUT2D eigenvalue weighted by Crippen LogP contribution is 2.19. The van der Waals surface area contributed by atoms with Gasteiger partial charge >= 0.3 is 0 Å². The molecule has 2 aromatic carbocycles. The van der Waals surface area contributed by atoms with Gasteiger partial charge in [-0.3, -0.25) is 14.9 Å². The van der Waals surface area contributed by atoms with Crippen LogP contribution in [0, 0.1) is 17.0 Å². The van der Waals surface area contributed by atoms with Crippen LogP contribution in [0.2, 0.25) is 0 Å². The summed E-state index contributed by atoms with van der Waals surface area (Å²) < 4.78 is 0. The first-order chi connectivity index (χ1) is 10.5. The second kappa shape index (κ2) is 6.85. The van der Waals surface area contributed by atoms with Crippen molar-refractivity contribution < 1.29 is 9.72 Å². The number of hydrogen-bond acceptors (Lipinski definition) is 3. The molecule has 0 aliphatic heterocycles. The Bertz CT molecular complexity index is 681. The monoisotopic (exact) mass is 298 g/mol. The van der Waals surface area contributed by atoms with Gasteiger partial charge in [-0.15, -0.1) is 0 Å². The normalized spacial score (nSPS) is 11.7. The molecule has 0 aromatic heterocycles. The Morgan fingerprint density at radius 1 is 1.23 bits per heavy atom. The fraction of sp³-hybridized carbons (Fsp3) is 0.235. The van der Waals surface area contributed by atoms with E-state index in [1.807, 2.05) is 38.1 Å². The van der Waals surface area contributed by atoms with Gasteiger partial charge < -0.3 is 5.32 Å². The van der Waals surface area contributed by atoms with Crippen molar-refractivity contribution in [3.63, 3.8) is 0 Å². The molecule has 0 fully saturated rings. The fourth-order valence-corrected chi connectivity index (χ4v) is 2.22. The Labute approximate surface area is 129 Å². The number of carbonyl (C=O) groups is 1. The number of hydrogen-bond donors (Lipinski definition) is 1. The zero-order valence-electron chi connectivity index (χ0n) is 12.6. The quantitative estimate of drug-likeness (QED) is 0.674. The van der Waals surface area contributed by atoms with E-state index < -0.39 is 4.92 Å². The van der Waals surface area contributed by atoms with Gasteiger partial charge in [-0.05, 0) is 25.0 Å². The summed E-state index contributed by atoms with van der Waals surface area (Å²) in [6, 6.07) is 13.6. The predicted octanol–water partition coefficient (Wildman–Crippen LogP) is 3.78. The molecule has 2 aromatic rings. The van der Waals surface area contributed by atoms with Gasteiger partial charge in [0.2, 0.25) is 0 Å². The van der Waals surface area contributed by atoms with Crippen molar-refractivity contribution in [1.82, 2.24) is 5.32 Å². The standard InChI is InChI=1S/C17H18N2O3/c1-3-16(13-9-7-12(2)8-10-13)18-17(20)14-5-4-6-15(11-14)19(21)22/h4-11,16H,3H2,1-2H3,(H,18,20). The molecule has 0 saturated carbocycles. The Balaban J connectivity index is 2.17. The Kier molecular flexibility index (Phi) is 4.88. The maximum absolute atomic E-state index is 12.3. The third-order valence-corrected chi connectivity index (χ3v) is 3.51. The number of aryl methyl sites for hydroxylation is 1. The lowest BCUT2D eigenvalue weighted by Gasteiger charge is -2.17. The second-order valence-electron chi connectivity index (χ2n) is 5.15. The van der Waals surface area contributed by atoms with Crippen LogP contribution in [0.25, 0.3) is 0 Å². The topological polar surface area (TPSA) is 72.2 Å². The first-order valence-electron chi connectivity index (χ1n) is 7.13. The summed E-state index contributed by atoms with van der Waals surface area (Å²) in [7, 11) is 0. The van der Waals surface area contributed by atoms with Gasteiger partial charge in [0.05, 0.1) is 11.0 Å². The average Bonchev–Trinajstić information content (AvgIpc) is 2.53. The maximum Gasteiger partial charge on any atom is 0.270 e. The minimum atomic E-state index is -0.506. The van der Waals surface area contributed by atoms with Gasteiger partial charge in [0, 0.05) is 17.7 Å². The molecule has 0 saturated heterocycles. The molecule has 0 bridgehead atoms. The van der Waals surface area contributed by atoms with E-state index in [4.69, 9.17) is 0 Å². The summed E-state index contributed by atoms with van der Waals surface area (Å²) in [6.45, 7) is 3.99. The molecule has 2 rings (SSSR count). The molecule has 5 nitrogen and oxygen atoms in total. The van der Waals surface area contributed by atoms with Gasteiger partial charge in [0.15, 0.2) is 0 Å². The van der Waals surface area contributed by atoms with E-state index in [0.717, 1.165) is 17.5 Å². The third kappa shape index (κ3) is 3.69. The van der Waals surface area contributed by atoms with Gasteiger partial charge in [0.25, 0.3) is 11.6 Å². The molecule has 22 heavy (non-hydrogen) atoms. The molecule has 1 atom stereocenters. The molecule has 0 heterocycles. The number of nitro groups is 1. The van der Waals surface area contributed by atoms with Crippen LogP contribution in [0.1, 0.15) is 40.9 Å². The van der Waals surface area contributed by atoms with Crippen molar-refractivity contribution in [2.75, 3.05) is 0 Å². The van der Waals surface area contributed by atoms with E-state index in [1.165, 1.54) is 18.2 Å². The van der Waals surface area contributed by atoms with Crippen molar-refractivity contribution in [3.05, 3.63) is 75.3 Å². The molecule has 1 N–H and O–H groups in total. The summed E-state index contributed by atoms with van der Waals surface area (Å²) in [6.07, 6.45) is 0.740. The lowest BCUT2D eigenvalue weighted by molar-refractivity contribution is -0.384. The number of nitrogens with one attached hydrogen (secondary N) is 1. The number of carbonyl (C=O) groups excluding carboxylic acids is 1. The van der Waals surface area contributed by atoms with E-state index in [9.17, 15) is 14.9 Å². The molecule has 0 aliphatic rings. The molecular weight excluding hydrogens is 280 g/mol. The van der Waals surface area contributed by atoms with Gasteiger partial charge in [-0.2, -0.15) is 0 Å². The van der Waals surface area contributed by atoms with E-state index in [1.54, 1.807) is 6.07 Å². The van der Waals surface area contributed by atoms with Crippen LogP contribution in [0.4, 0.5) is 5.69 Å². The maximum atomic E-state index is 12.3. The van der Waals surface area contributed by atoms with E-state index in [-0.39, 0.29) is 17.6 Å². The first-order valence-corrected chi connectivity index (χ1v) is 7.13. The Hall–Kier alpha value is -2.69. The summed E-state index contributed by atoms with van der Waals surface area (Å²) in [4.78, 5) is 22.6. The van der Waals surface area contributed by atoms with Crippen LogP contribution >= 0.6 is 0 Å². The summed E-state index contributed by atoms with van der Waals surface area (Å²) in [5, 5.41) is 13.7. The molecule has 0 aliphatic carbocycles. The fourth-order valence-electron chi connectivity index (χ4n) is 2.22. The lowest BCUT2D eigenvalue weighted by atomic mass is 10.0. The van der Waals surface area contributed by atoms with Gasteiger partial charge in [-0.25, -0.2) is 0 Å². The van der Waals surface area contributed by atoms with Crippen LogP contribution in [-0.2, 0) is 0 Å². The molecule has 1 unspecified atom stereocenters. The minimum Gasteiger partial charge on any atom is -0.345 e. The number of rotatable bonds is 5. The predicted molar refractivity (Wildman–Crippen MR) is 84.8 cm³/mol. The second-order valence-corrected chi connectivity index (χ2v) is 5.15. The molecule has 5 heteroatoms. The van der Waals surface area contributed by atoms with Crippen molar-refractivity contribution in [2.24, 2.45) is 0 Å². The number of nitrogens with zero attached hydrogens (tertiary/aromatic N) is 1. The number of nitro benzene ring substituents is 1. The highest BCUT2D eigenvalue weighted by molar-refractivity contribution is 5.95. The number of amides is 1. The molecule has 0 radical (unpaired) electrons. The van der Waals surface area contributed by atoms with Crippen molar-refractivity contribution >= 4 is 11.6 Å². The Morgan fingerprint density at radius 3 is 2.50 bits per heavy atom. The molecular formula is C17H18N2O3. The van der Waals surface area contributed by atoms with Crippen LogP contribution in [0.5, 0.6) is 0 Å². The highest BCUT2D eigenvalue weighted by Gasteiger charge is 2.16. The summed E-state index contributed by atoms with van der Waals surface area (Å²) >= 11 is 0. The summed E-state index contributed by atoms with van der Waals surface area (Å²) in [5.74, 6) is -0.309. The van der Waals surface area contributed by atoms with E-state index in [2.05, 4.69) is 5.32 Å². The van der Waals surface area contributed by atoms with Crippen molar-refractivity contribution in [1.29, 1.82) is 0 Å². The lowest BCUT2D eigenvalue weighted by Crippen LogP contribution is -2.28. The zero-order chi connectivity index (χ0) is 16.1. The number of non-ortho nitro benzene ring substituents is 1. The Morgan fingerprint density at radius 2 is 1.91 bits per heavy atom. The van der Waals surface area contributed by atoms with Crippen LogP contribution in [0.3, 0.4) is 0 Å². The first kappa shape index (κ1) is 15.7. The third-order valence-electron chi connectivity index (χ3n) is 3.51. The molecule has 114 valence electrons. The highest BCUT2D eigenvalue weighted by atomic mass is 16.6. The van der Waals surface area contributed by atoms with Crippen LogP contribution in [0.15, 0.2) is 48.5 Å². The molecule has 0 spiro atoms. The number of benzene rings is 2. The van der Waals surface area contributed by atoms with E-state index >= 15 is 0 Å². The van der Waals surface area contributed by atoms with Crippen LogP contribution < -0.4 is 5.32 Å². The minimum absolute atomic E-state index is 0.0870. The van der Waals surface area contributed by atoms with Crippen molar-refractivity contribution in [3.8, 4) is 0 Å². The largest absolute Gasteiger partial charge is 0.345 e.